The van der Waals surface area contributed by atoms with Crippen LogP contribution in [0.2, 0.25) is 0 Å². The average molecular weight is 375 g/mol. The molecule has 1 heterocycles. The Morgan fingerprint density at radius 3 is 2.52 bits per heavy atom. The van der Waals surface area contributed by atoms with Gasteiger partial charge in [0.1, 0.15) is 5.75 Å². The molecule has 1 amide bonds. The second kappa shape index (κ2) is 8.81. The van der Waals surface area contributed by atoms with Crippen molar-refractivity contribution in [1.29, 1.82) is 0 Å². The zero-order chi connectivity index (χ0) is 19.2. The van der Waals surface area contributed by atoms with Gasteiger partial charge in [-0.1, -0.05) is 12.1 Å². The fourth-order valence-electron chi connectivity index (χ4n) is 3.17. The Morgan fingerprint density at radius 1 is 1.07 bits per heavy atom. The molecule has 0 aliphatic carbocycles. The van der Waals surface area contributed by atoms with Crippen LogP contribution in [0.1, 0.15) is 10.4 Å². The summed E-state index contributed by atoms with van der Waals surface area (Å²) in [6.45, 7) is 4.65. The Bertz CT molecular complexity index is 793. The number of para-hydroxylation sites is 2. The molecule has 144 valence electrons. The first-order valence-corrected chi connectivity index (χ1v) is 8.92. The second-order valence-corrected chi connectivity index (χ2v) is 6.39. The minimum Gasteiger partial charge on any atom is -0.495 e. The highest BCUT2D eigenvalue weighted by Gasteiger charge is 2.19. The van der Waals surface area contributed by atoms with Gasteiger partial charge >= 0.3 is 0 Å². The molecule has 0 aromatic heterocycles. The van der Waals surface area contributed by atoms with Gasteiger partial charge in [0.25, 0.3) is 5.91 Å². The summed E-state index contributed by atoms with van der Waals surface area (Å²) < 4.78 is 31.6. The first-order valence-electron chi connectivity index (χ1n) is 8.92. The molecule has 1 saturated heterocycles. The maximum Gasteiger partial charge on any atom is 0.251 e. The number of anilines is 1. The van der Waals surface area contributed by atoms with Crippen LogP contribution in [0.15, 0.2) is 42.5 Å². The largest absolute Gasteiger partial charge is 0.495 e. The van der Waals surface area contributed by atoms with Crippen molar-refractivity contribution < 1.29 is 18.3 Å². The van der Waals surface area contributed by atoms with Crippen LogP contribution < -0.4 is 15.0 Å². The van der Waals surface area contributed by atoms with Gasteiger partial charge in [0, 0.05) is 44.8 Å². The minimum absolute atomic E-state index is 0.120. The molecule has 2 aromatic carbocycles. The molecule has 3 rings (SSSR count). The summed E-state index contributed by atoms with van der Waals surface area (Å²) in [5.41, 5.74) is 1.21. The number of hydrogen-bond donors (Lipinski definition) is 1. The molecule has 0 radical (unpaired) electrons. The summed E-state index contributed by atoms with van der Waals surface area (Å²) in [5.74, 6) is -1.51. The number of rotatable bonds is 6. The lowest BCUT2D eigenvalue weighted by Gasteiger charge is -2.36. The number of benzene rings is 2. The lowest BCUT2D eigenvalue weighted by atomic mass is 10.2. The van der Waals surface area contributed by atoms with Gasteiger partial charge < -0.3 is 15.0 Å². The summed E-state index contributed by atoms with van der Waals surface area (Å²) in [5, 5.41) is 2.75. The third-order valence-corrected chi connectivity index (χ3v) is 4.69. The number of ether oxygens (including phenoxy) is 1. The quantitative estimate of drug-likeness (QED) is 0.843. The molecule has 5 nitrogen and oxygen atoms in total. The fraction of sp³-hybridized carbons (Fsp3) is 0.350. The van der Waals surface area contributed by atoms with Gasteiger partial charge in [0.2, 0.25) is 0 Å². The highest BCUT2D eigenvalue weighted by Crippen LogP contribution is 2.28. The standard InChI is InChI=1S/C20H23F2N3O2/c1-27-19-5-3-2-4-18(19)25-12-10-24(11-13-25)9-8-23-20(26)15-6-7-16(21)17(22)14-15/h2-7,14H,8-13H2,1H3,(H,23,26). The molecule has 0 saturated carbocycles. The zero-order valence-corrected chi connectivity index (χ0v) is 15.3. The molecule has 0 atom stereocenters. The van der Waals surface area contributed by atoms with Crippen molar-refractivity contribution >= 4 is 11.6 Å². The van der Waals surface area contributed by atoms with Crippen LogP contribution in [-0.4, -0.2) is 57.2 Å². The third-order valence-electron chi connectivity index (χ3n) is 4.69. The highest BCUT2D eigenvalue weighted by atomic mass is 19.2. The summed E-state index contributed by atoms with van der Waals surface area (Å²) in [4.78, 5) is 16.6. The van der Waals surface area contributed by atoms with Crippen LogP contribution in [0.5, 0.6) is 5.75 Å². The number of nitrogens with zero attached hydrogens (tertiary/aromatic N) is 2. The summed E-state index contributed by atoms with van der Waals surface area (Å²) in [6.07, 6.45) is 0. The van der Waals surface area contributed by atoms with E-state index in [2.05, 4.69) is 21.2 Å². The SMILES string of the molecule is COc1ccccc1N1CCN(CCNC(=O)c2ccc(F)c(F)c2)CC1. The number of nitrogens with one attached hydrogen (secondary N) is 1. The van der Waals surface area contributed by atoms with Crippen LogP contribution >= 0.6 is 0 Å². The molecule has 1 fully saturated rings. The Kier molecular flexibility index (Phi) is 6.24. The molecule has 1 aliphatic heterocycles. The van der Waals surface area contributed by atoms with E-state index in [0.717, 1.165) is 49.7 Å². The van der Waals surface area contributed by atoms with Crippen molar-refractivity contribution in [2.45, 2.75) is 0 Å². The van der Waals surface area contributed by atoms with Crippen molar-refractivity contribution in [1.82, 2.24) is 10.2 Å². The van der Waals surface area contributed by atoms with Crippen LogP contribution in [-0.2, 0) is 0 Å². The number of piperazine rings is 1. The summed E-state index contributed by atoms with van der Waals surface area (Å²) in [7, 11) is 1.67. The van der Waals surface area contributed by atoms with E-state index in [1.54, 1.807) is 7.11 Å². The second-order valence-electron chi connectivity index (χ2n) is 6.39. The Balaban J connectivity index is 1.44. The first kappa shape index (κ1) is 19.1. The van der Waals surface area contributed by atoms with E-state index < -0.39 is 17.5 Å². The lowest BCUT2D eigenvalue weighted by molar-refractivity contribution is 0.0947. The number of methoxy groups -OCH3 is 1. The first-order chi connectivity index (χ1) is 13.1. The third kappa shape index (κ3) is 4.74. The Hall–Kier alpha value is -2.67. The normalized spacial score (nSPS) is 14.9. The van der Waals surface area contributed by atoms with E-state index in [9.17, 15) is 13.6 Å². The molecule has 7 heteroatoms. The lowest BCUT2D eigenvalue weighted by Crippen LogP contribution is -2.48. The van der Waals surface area contributed by atoms with Crippen LogP contribution in [0.3, 0.4) is 0 Å². The van der Waals surface area contributed by atoms with Crippen molar-refractivity contribution in [2.75, 3.05) is 51.3 Å². The van der Waals surface area contributed by atoms with Crippen molar-refractivity contribution in [3.63, 3.8) is 0 Å². The predicted octanol–water partition coefficient (Wildman–Crippen LogP) is 2.53. The van der Waals surface area contributed by atoms with E-state index >= 15 is 0 Å². The molecule has 0 unspecified atom stereocenters. The maximum absolute atomic E-state index is 13.2. The van der Waals surface area contributed by atoms with Gasteiger partial charge in [0.15, 0.2) is 11.6 Å². The molecule has 0 bridgehead atoms. The van der Waals surface area contributed by atoms with Gasteiger partial charge in [-0.25, -0.2) is 8.78 Å². The van der Waals surface area contributed by atoms with E-state index in [0.29, 0.717) is 13.1 Å². The van der Waals surface area contributed by atoms with E-state index in [1.807, 2.05) is 18.2 Å². The van der Waals surface area contributed by atoms with Crippen molar-refractivity contribution in [3.8, 4) is 5.75 Å². The molecular formula is C20H23F2N3O2. The summed E-state index contributed by atoms with van der Waals surface area (Å²) in [6, 6.07) is 11.1. The molecular weight excluding hydrogens is 352 g/mol. The van der Waals surface area contributed by atoms with Crippen LogP contribution in [0, 0.1) is 11.6 Å². The molecule has 27 heavy (non-hydrogen) atoms. The van der Waals surface area contributed by atoms with Gasteiger partial charge in [0.05, 0.1) is 12.8 Å². The number of hydrogen-bond acceptors (Lipinski definition) is 4. The topological polar surface area (TPSA) is 44.8 Å². The molecule has 1 N–H and O–H groups in total. The maximum atomic E-state index is 13.2. The number of amides is 1. The average Bonchev–Trinajstić information content (AvgIpc) is 2.70. The molecule has 0 spiro atoms. The molecule has 2 aromatic rings. The monoisotopic (exact) mass is 375 g/mol. The summed E-state index contributed by atoms with van der Waals surface area (Å²) >= 11 is 0. The van der Waals surface area contributed by atoms with Crippen molar-refractivity contribution in [3.05, 3.63) is 59.7 Å². The van der Waals surface area contributed by atoms with Gasteiger partial charge in [-0.3, -0.25) is 9.69 Å². The van der Waals surface area contributed by atoms with Gasteiger partial charge in [-0.15, -0.1) is 0 Å². The van der Waals surface area contributed by atoms with E-state index in [1.165, 1.54) is 6.07 Å². The Labute approximate surface area is 157 Å². The number of carbonyl (C=O) groups excluding carboxylic acids is 1. The molecule has 1 aliphatic rings. The zero-order valence-electron chi connectivity index (χ0n) is 15.3. The Morgan fingerprint density at radius 2 is 1.81 bits per heavy atom. The van der Waals surface area contributed by atoms with E-state index in [-0.39, 0.29) is 5.56 Å². The predicted molar refractivity (Wildman–Crippen MR) is 100 cm³/mol. The van der Waals surface area contributed by atoms with Gasteiger partial charge in [-0.2, -0.15) is 0 Å². The number of carbonyl (C=O) groups is 1. The van der Waals surface area contributed by atoms with Gasteiger partial charge in [-0.05, 0) is 30.3 Å². The van der Waals surface area contributed by atoms with Crippen molar-refractivity contribution in [2.24, 2.45) is 0 Å². The van der Waals surface area contributed by atoms with Crippen LogP contribution in [0.25, 0.3) is 0 Å². The van der Waals surface area contributed by atoms with E-state index in [4.69, 9.17) is 4.74 Å². The number of halogens is 2. The van der Waals surface area contributed by atoms with Crippen LogP contribution in [0.4, 0.5) is 14.5 Å². The minimum atomic E-state index is -1.02. The highest BCUT2D eigenvalue weighted by molar-refractivity contribution is 5.94. The fourth-order valence-corrected chi connectivity index (χ4v) is 3.17. The smallest absolute Gasteiger partial charge is 0.251 e.